The Morgan fingerprint density at radius 1 is 1.36 bits per heavy atom. The van der Waals surface area contributed by atoms with Crippen molar-refractivity contribution in [2.75, 3.05) is 5.32 Å². The molecular formula is C11H13Cl2N. The van der Waals surface area contributed by atoms with Gasteiger partial charge in [-0.1, -0.05) is 23.2 Å². The molecule has 1 N–H and O–H groups in total. The van der Waals surface area contributed by atoms with E-state index < -0.39 is 0 Å². The number of nitrogens with one attached hydrogen (secondary N) is 1. The fraction of sp³-hybridized carbons (Fsp3) is 0.455. The molecule has 1 fully saturated rings. The Balaban J connectivity index is 2.10. The highest BCUT2D eigenvalue weighted by Crippen LogP contribution is 2.35. The fourth-order valence-corrected chi connectivity index (χ4v) is 1.91. The highest BCUT2D eigenvalue weighted by atomic mass is 35.5. The second kappa shape index (κ2) is 4.00. The summed E-state index contributed by atoms with van der Waals surface area (Å²) in [6.07, 6.45) is 2.65. The number of hydrogen-bond acceptors (Lipinski definition) is 1. The molecule has 0 saturated heterocycles. The van der Waals surface area contributed by atoms with E-state index in [0.29, 0.717) is 6.04 Å². The Hall–Kier alpha value is -0.400. The van der Waals surface area contributed by atoms with Crippen molar-refractivity contribution in [2.24, 2.45) is 5.92 Å². The second-order valence-corrected chi connectivity index (χ2v) is 4.74. The third-order valence-electron chi connectivity index (χ3n) is 2.64. The number of hydrogen-bond donors (Lipinski definition) is 1. The quantitative estimate of drug-likeness (QED) is 0.820. The van der Waals surface area contributed by atoms with Gasteiger partial charge >= 0.3 is 0 Å². The van der Waals surface area contributed by atoms with E-state index in [-0.39, 0.29) is 0 Å². The molecule has 1 saturated carbocycles. The lowest BCUT2D eigenvalue weighted by molar-refractivity contribution is 0.694. The van der Waals surface area contributed by atoms with Crippen LogP contribution in [-0.4, -0.2) is 6.04 Å². The molecule has 0 amide bonds. The van der Waals surface area contributed by atoms with Crippen molar-refractivity contribution in [3.63, 3.8) is 0 Å². The molecule has 1 unspecified atom stereocenters. The zero-order valence-electron chi connectivity index (χ0n) is 8.06. The van der Waals surface area contributed by atoms with Gasteiger partial charge in [0.05, 0.1) is 10.7 Å². The van der Waals surface area contributed by atoms with Gasteiger partial charge in [0.2, 0.25) is 0 Å². The summed E-state index contributed by atoms with van der Waals surface area (Å²) in [5.74, 6) is 0.810. The molecule has 1 aliphatic rings. The maximum absolute atomic E-state index is 6.04. The van der Waals surface area contributed by atoms with E-state index in [0.717, 1.165) is 21.7 Å². The van der Waals surface area contributed by atoms with Crippen molar-refractivity contribution in [3.05, 3.63) is 28.2 Å². The molecule has 0 aliphatic heterocycles. The molecule has 1 atom stereocenters. The van der Waals surface area contributed by atoms with Crippen molar-refractivity contribution in [1.29, 1.82) is 0 Å². The lowest BCUT2D eigenvalue weighted by Crippen LogP contribution is -2.17. The first-order valence-corrected chi connectivity index (χ1v) is 5.64. The molecule has 1 aromatic rings. The minimum absolute atomic E-state index is 0.492. The summed E-state index contributed by atoms with van der Waals surface area (Å²) in [5.41, 5.74) is 0.943. The predicted octanol–water partition coefficient (Wildman–Crippen LogP) is 4.20. The van der Waals surface area contributed by atoms with Crippen LogP contribution in [-0.2, 0) is 0 Å². The molecular weight excluding hydrogens is 217 g/mol. The van der Waals surface area contributed by atoms with E-state index in [9.17, 15) is 0 Å². The standard InChI is InChI=1S/C11H13Cl2N/c1-7(8-2-3-8)14-11-6-9(12)4-5-10(11)13/h4-8,14H,2-3H2,1H3. The van der Waals surface area contributed by atoms with Crippen LogP contribution in [0.4, 0.5) is 5.69 Å². The maximum atomic E-state index is 6.04. The van der Waals surface area contributed by atoms with E-state index >= 15 is 0 Å². The first-order valence-electron chi connectivity index (χ1n) is 4.88. The van der Waals surface area contributed by atoms with Crippen LogP contribution >= 0.6 is 23.2 Å². The highest BCUT2D eigenvalue weighted by molar-refractivity contribution is 6.35. The first-order chi connectivity index (χ1) is 6.66. The maximum Gasteiger partial charge on any atom is 0.0638 e. The largest absolute Gasteiger partial charge is 0.381 e. The number of rotatable bonds is 3. The molecule has 0 aromatic heterocycles. The Morgan fingerprint density at radius 2 is 2.07 bits per heavy atom. The minimum atomic E-state index is 0.492. The molecule has 76 valence electrons. The first kappa shape index (κ1) is 10.1. The average Bonchev–Trinajstić information content (AvgIpc) is 2.94. The number of anilines is 1. The van der Waals surface area contributed by atoms with Gasteiger partial charge in [-0.05, 0) is 43.9 Å². The molecule has 0 heterocycles. The molecule has 3 heteroatoms. The Bertz CT molecular complexity index is 334. The summed E-state index contributed by atoms with van der Waals surface area (Å²) in [4.78, 5) is 0. The van der Waals surface area contributed by atoms with Gasteiger partial charge in [-0.15, -0.1) is 0 Å². The van der Waals surface area contributed by atoms with E-state index in [1.165, 1.54) is 12.8 Å². The van der Waals surface area contributed by atoms with Crippen LogP contribution in [0.15, 0.2) is 18.2 Å². The van der Waals surface area contributed by atoms with Crippen molar-refractivity contribution < 1.29 is 0 Å². The monoisotopic (exact) mass is 229 g/mol. The van der Waals surface area contributed by atoms with Crippen LogP contribution in [0.1, 0.15) is 19.8 Å². The summed E-state index contributed by atoms with van der Waals surface area (Å²) < 4.78 is 0. The zero-order chi connectivity index (χ0) is 10.1. The normalized spacial score (nSPS) is 17.9. The topological polar surface area (TPSA) is 12.0 Å². The van der Waals surface area contributed by atoms with Gasteiger partial charge in [-0.25, -0.2) is 0 Å². The van der Waals surface area contributed by atoms with E-state index in [1.54, 1.807) is 6.07 Å². The number of halogens is 2. The molecule has 0 radical (unpaired) electrons. The summed E-state index contributed by atoms with van der Waals surface area (Å²) >= 11 is 11.9. The smallest absolute Gasteiger partial charge is 0.0638 e. The van der Waals surface area contributed by atoms with Gasteiger partial charge in [-0.3, -0.25) is 0 Å². The van der Waals surface area contributed by atoms with Crippen LogP contribution in [0.3, 0.4) is 0 Å². The van der Waals surface area contributed by atoms with Gasteiger partial charge in [-0.2, -0.15) is 0 Å². The zero-order valence-corrected chi connectivity index (χ0v) is 9.57. The average molecular weight is 230 g/mol. The molecule has 1 aromatic carbocycles. The lowest BCUT2D eigenvalue weighted by atomic mass is 10.2. The van der Waals surface area contributed by atoms with Gasteiger partial charge in [0.1, 0.15) is 0 Å². The van der Waals surface area contributed by atoms with Gasteiger partial charge in [0, 0.05) is 11.1 Å². The highest BCUT2D eigenvalue weighted by Gasteiger charge is 2.28. The minimum Gasteiger partial charge on any atom is -0.381 e. The third kappa shape index (κ3) is 2.34. The van der Waals surface area contributed by atoms with Crippen LogP contribution in [0.25, 0.3) is 0 Å². The van der Waals surface area contributed by atoms with Crippen LogP contribution in [0, 0.1) is 5.92 Å². The van der Waals surface area contributed by atoms with Crippen molar-refractivity contribution in [2.45, 2.75) is 25.8 Å². The molecule has 1 nitrogen and oxygen atoms in total. The van der Waals surface area contributed by atoms with Gasteiger partial charge < -0.3 is 5.32 Å². The SMILES string of the molecule is CC(Nc1cc(Cl)ccc1Cl)C1CC1. The van der Waals surface area contributed by atoms with Gasteiger partial charge in [0.25, 0.3) is 0 Å². The van der Waals surface area contributed by atoms with E-state index in [4.69, 9.17) is 23.2 Å². The Labute approximate surface area is 94.4 Å². The van der Waals surface area contributed by atoms with E-state index in [2.05, 4.69) is 12.2 Å². The molecule has 0 bridgehead atoms. The van der Waals surface area contributed by atoms with Crippen molar-refractivity contribution in [1.82, 2.24) is 0 Å². The van der Waals surface area contributed by atoms with Crippen molar-refractivity contribution in [3.8, 4) is 0 Å². The van der Waals surface area contributed by atoms with E-state index in [1.807, 2.05) is 12.1 Å². The number of benzene rings is 1. The third-order valence-corrected chi connectivity index (χ3v) is 3.21. The molecule has 0 spiro atoms. The summed E-state index contributed by atoms with van der Waals surface area (Å²) in [5, 5.41) is 4.86. The van der Waals surface area contributed by atoms with Crippen molar-refractivity contribution >= 4 is 28.9 Å². The van der Waals surface area contributed by atoms with Crippen LogP contribution in [0.5, 0.6) is 0 Å². The summed E-state index contributed by atoms with van der Waals surface area (Å²) in [6, 6.07) is 6.00. The molecule has 2 rings (SSSR count). The Morgan fingerprint density at radius 3 is 2.71 bits per heavy atom. The second-order valence-electron chi connectivity index (χ2n) is 3.89. The lowest BCUT2D eigenvalue weighted by Gasteiger charge is -2.15. The Kier molecular flexibility index (Phi) is 2.89. The van der Waals surface area contributed by atoms with Crippen LogP contribution in [0.2, 0.25) is 10.0 Å². The summed E-state index contributed by atoms with van der Waals surface area (Å²) in [7, 11) is 0. The predicted molar refractivity (Wildman–Crippen MR) is 62.3 cm³/mol. The van der Waals surface area contributed by atoms with Gasteiger partial charge in [0.15, 0.2) is 0 Å². The molecule has 14 heavy (non-hydrogen) atoms. The van der Waals surface area contributed by atoms with Crippen LogP contribution < -0.4 is 5.32 Å². The fourth-order valence-electron chi connectivity index (χ4n) is 1.57. The molecule has 1 aliphatic carbocycles. The summed E-state index contributed by atoms with van der Waals surface area (Å²) in [6.45, 7) is 2.19.